The minimum Gasteiger partial charge on any atom is -0.469 e. The van der Waals surface area contributed by atoms with E-state index < -0.39 is 0 Å². The van der Waals surface area contributed by atoms with Gasteiger partial charge in [-0.25, -0.2) is 4.98 Å². The van der Waals surface area contributed by atoms with Crippen molar-refractivity contribution in [2.24, 2.45) is 4.99 Å². The van der Waals surface area contributed by atoms with Crippen LogP contribution in [0.5, 0.6) is 0 Å². The first kappa shape index (κ1) is 17.9. The number of nitrogens with one attached hydrogen (secondary N) is 2. The van der Waals surface area contributed by atoms with Crippen molar-refractivity contribution in [3.8, 4) is 0 Å². The first-order valence-electron chi connectivity index (χ1n) is 7.72. The molecular formula is C16H24N4OS2. The predicted molar refractivity (Wildman–Crippen MR) is 99.6 cm³/mol. The summed E-state index contributed by atoms with van der Waals surface area (Å²) < 4.78 is 5.35. The van der Waals surface area contributed by atoms with Crippen LogP contribution in [0.2, 0.25) is 0 Å². The van der Waals surface area contributed by atoms with E-state index in [-0.39, 0.29) is 0 Å². The molecule has 126 valence electrons. The summed E-state index contributed by atoms with van der Waals surface area (Å²) in [6.45, 7) is 4.58. The molecule has 5 nitrogen and oxygen atoms in total. The Balaban J connectivity index is 1.82. The van der Waals surface area contributed by atoms with Crippen molar-refractivity contribution in [1.82, 2.24) is 15.6 Å². The SMILES string of the molecule is CSCCNC(=NCC(C)c1nccs1)NCCc1ccco1. The van der Waals surface area contributed by atoms with Gasteiger partial charge < -0.3 is 15.1 Å². The van der Waals surface area contributed by atoms with Crippen molar-refractivity contribution in [3.63, 3.8) is 0 Å². The smallest absolute Gasteiger partial charge is 0.191 e. The lowest BCUT2D eigenvalue weighted by Crippen LogP contribution is -2.39. The number of guanidine groups is 1. The highest BCUT2D eigenvalue weighted by Crippen LogP contribution is 2.17. The lowest BCUT2D eigenvalue weighted by Gasteiger charge is -2.13. The van der Waals surface area contributed by atoms with Crippen LogP contribution in [0.3, 0.4) is 0 Å². The summed E-state index contributed by atoms with van der Waals surface area (Å²) in [5.41, 5.74) is 0. The van der Waals surface area contributed by atoms with Crippen LogP contribution in [0.4, 0.5) is 0 Å². The molecule has 0 radical (unpaired) electrons. The quantitative estimate of drug-likeness (QED) is 0.413. The van der Waals surface area contributed by atoms with Gasteiger partial charge in [-0.1, -0.05) is 6.92 Å². The Kier molecular flexibility index (Phi) is 8.03. The van der Waals surface area contributed by atoms with Gasteiger partial charge in [0.05, 0.1) is 17.8 Å². The fourth-order valence-corrected chi connectivity index (χ4v) is 2.98. The van der Waals surface area contributed by atoms with Crippen LogP contribution in [0, 0.1) is 0 Å². The second-order valence-electron chi connectivity index (χ2n) is 5.14. The molecule has 0 bridgehead atoms. The molecule has 2 N–H and O–H groups in total. The van der Waals surface area contributed by atoms with Crippen molar-refractivity contribution in [2.45, 2.75) is 19.3 Å². The molecule has 2 heterocycles. The average Bonchev–Trinajstić information content (AvgIpc) is 3.25. The van der Waals surface area contributed by atoms with Gasteiger partial charge in [0.25, 0.3) is 0 Å². The molecule has 1 atom stereocenters. The first-order valence-corrected chi connectivity index (χ1v) is 10.00. The molecule has 2 aromatic heterocycles. The first-order chi connectivity index (χ1) is 11.3. The van der Waals surface area contributed by atoms with Crippen LogP contribution in [0.1, 0.15) is 23.6 Å². The second kappa shape index (κ2) is 10.3. The number of furan rings is 1. The Morgan fingerprint density at radius 3 is 3.00 bits per heavy atom. The Labute approximate surface area is 146 Å². The molecule has 0 saturated heterocycles. The summed E-state index contributed by atoms with van der Waals surface area (Å²) >= 11 is 3.50. The largest absolute Gasteiger partial charge is 0.469 e. The summed E-state index contributed by atoms with van der Waals surface area (Å²) in [5.74, 6) is 3.23. The maximum Gasteiger partial charge on any atom is 0.191 e. The van der Waals surface area contributed by atoms with E-state index in [0.717, 1.165) is 48.5 Å². The number of thiazole rings is 1. The van der Waals surface area contributed by atoms with Crippen LogP contribution < -0.4 is 10.6 Å². The molecule has 2 aromatic rings. The van der Waals surface area contributed by atoms with Crippen molar-refractivity contribution >= 4 is 29.1 Å². The lowest BCUT2D eigenvalue weighted by molar-refractivity contribution is 0.507. The summed E-state index contributed by atoms with van der Waals surface area (Å²) in [6, 6.07) is 3.90. The van der Waals surface area contributed by atoms with Crippen LogP contribution in [-0.2, 0) is 6.42 Å². The molecule has 0 aliphatic rings. The molecule has 7 heteroatoms. The van der Waals surface area contributed by atoms with Crippen LogP contribution in [0.15, 0.2) is 39.4 Å². The molecule has 0 aliphatic heterocycles. The Morgan fingerprint density at radius 1 is 1.43 bits per heavy atom. The molecule has 2 rings (SSSR count). The van der Waals surface area contributed by atoms with Gasteiger partial charge in [0.2, 0.25) is 0 Å². The zero-order valence-corrected chi connectivity index (χ0v) is 15.3. The third-order valence-corrected chi connectivity index (χ3v) is 4.86. The number of aliphatic imine (C=N–C) groups is 1. The monoisotopic (exact) mass is 352 g/mol. The summed E-state index contributed by atoms with van der Waals surface area (Å²) in [6.07, 6.45) is 6.50. The number of thioether (sulfide) groups is 1. The molecule has 23 heavy (non-hydrogen) atoms. The number of hydrogen-bond donors (Lipinski definition) is 2. The highest BCUT2D eigenvalue weighted by atomic mass is 32.2. The Morgan fingerprint density at radius 2 is 2.30 bits per heavy atom. The zero-order valence-electron chi connectivity index (χ0n) is 13.6. The standard InChI is InChI=1S/C16H24N4OS2/c1-13(15-17-8-11-23-15)12-20-16(19-7-10-22-2)18-6-5-14-4-3-9-21-14/h3-4,8-9,11,13H,5-7,10,12H2,1-2H3,(H2,18,19,20). The Hall–Kier alpha value is -1.47. The molecule has 0 fully saturated rings. The molecule has 0 spiro atoms. The molecule has 0 saturated carbocycles. The third kappa shape index (κ3) is 6.66. The molecule has 0 amide bonds. The van der Waals surface area contributed by atoms with Gasteiger partial charge in [-0.2, -0.15) is 11.8 Å². The van der Waals surface area contributed by atoms with Gasteiger partial charge in [-0.05, 0) is 18.4 Å². The molecular weight excluding hydrogens is 328 g/mol. The van der Waals surface area contributed by atoms with E-state index >= 15 is 0 Å². The van der Waals surface area contributed by atoms with E-state index in [2.05, 4.69) is 28.8 Å². The topological polar surface area (TPSA) is 62.5 Å². The third-order valence-electron chi connectivity index (χ3n) is 3.24. The minimum absolute atomic E-state index is 0.333. The van der Waals surface area contributed by atoms with Crippen molar-refractivity contribution in [2.75, 3.05) is 31.6 Å². The van der Waals surface area contributed by atoms with Gasteiger partial charge in [0, 0.05) is 42.8 Å². The maximum absolute atomic E-state index is 5.35. The van der Waals surface area contributed by atoms with E-state index in [1.807, 2.05) is 35.5 Å². The normalized spacial score (nSPS) is 13.0. The zero-order chi connectivity index (χ0) is 16.3. The number of hydrogen-bond acceptors (Lipinski definition) is 5. The average molecular weight is 353 g/mol. The van der Waals surface area contributed by atoms with Crippen LogP contribution >= 0.6 is 23.1 Å². The van der Waals surface area contributed by atoms with Crippen molar-refractivity contribution < 1.29 is 4.42 Å². The van der Waals surface area contributed by atoms with Crippen LogP contribution in [0.25, 0.3) is 0 Å². The van der Waals surface area contributed by atoms with E-state index in [0.29, 0.717) is 5.92 Å². The predicted octanol–water partition coefficient (Wildman–Crippen LogP) is 2.98. The number of aromatic nitrogens is 1. The maximum atomic E-state index is 5.35. The van der Waals surface area contributed by atoms with Gasteiger partial charge in [0.1, 0.15) is 5.76 Å². The summed E-state index contributed by atoms with van der Waals surface area (Å²) in [4.78, 5) is 9.05. The fourth-order valence-electron chi connectivity index (χ4n) is 1.99. The molecule has 0 aromatic carbocycles. The molecule has 0 aliphatic carbocycles. The van der Waals surface area contributed by atoms with Crippen molar-refractivity contribution in [1.29, 1.82) is 0 Å². The van der Waals surface area contributed by atoms with Gasteiger partial charge >= 0.3 is 0 Å². The summed E-state index contributed by atoms with van der Waals surface area (Å²) in [7, 11) is 0. The van der Waals surface area contributed by atoms with Crippen molar-refractivity contribution in [3.05, 3.63) is 40.7 Å². The lowest BCUT2D eigenvalue weighted by atomic mass is 10.2. The number of nitrogens with zero attached hydrogens (tertiary/aromatic N) is 2. The fraction of sp³-hybridized carbons (Fsp3) is 0.500. The number of rotatable bonds is 9. The van der Waals surface area contributed by atoms with Crippen LogP contribution in [-0.4, -0.2) is 42.6 Å². The van der Waals surface area contributed by atoms with E-state index in [1.165, 1.54) is 0 Å². The minimum atomic E-state index is 0.333. The highest BCUT2D eigenvalue weighted by Gasteiger charge is 2.08. The van der Waals surface area contributed by atoms with Gasteiger partial charge in [-0.15, -0.1) is 11.3 Å². The van der Waals surface area contributed by atoms with E-state index in [1.54, 1.807) is 17.6 Å². The summed E-state index contributed by atoms with van der Waals surface area (Å²) in [5, 5.41) is 9.88. The van der Waals surface area contributed by atoms with E-state index in [4.69, 9.17) is 9.41 Å². The second-order valence-corrected chi connectivity index (χ2v) is 7.05. The highest BCUT2D eigenvalue weighted by molar-refractivity contribution is 7.98. The Bertz CT molecular complexity index is 555. The van der Waals surface area contributed by atoms with Gasteiger partial charge in [0.15, 0.2) is 5.96 Å². The molecule has 1 unspecified atom stereocenters. The van der Waals surface area contributed by atoms with E-state index in [9.17, 15) is 0 Å². The van der Waals surface area contributed by atoms with Gasteiger partial charge in [-0.3, -0.25) is 4.99 Å².